The van der Waals surface area contributed by atoms with Crippen LogP contribution in [0.4, 0.5) is 0 Å². The lowest BCUT2D eigenvalue weighted by Gasteiger charge is -2.29. The summed E-state index contributed by atoms with van der Waals surface area (Å²) in [5.41, 5.74) is 0.891. The average molecular weight is 394 g/mol. The van der Waals surface area contributed by atoms with Crippen molar-refractivity contribution in [3.05, 3.63) is 77.5 Å². The molecule has 0 saturated carbocycles. The third-order valence-corrected chi connectivity index (χ3v) is 5.18. The molecule has 2 aromatic rings. The van der Waals surface area contributed by atoms with Crippen molar-refractivity contribution in [2.24, 2.45) is 0 Å². The van der Waals surface area contributed by atoms with E-state index < -0.39 is 23.5 Å². The lowest BCUT2D eigenvalue weighted by Crippen LogP contribution is -2.38. The summed E-state index contributed by atoms with van der Waals surface area (Å²) >= 11 is 0. The maximum Gasteiger partial charge on any atom is 0.290 e. The summed E-state index contributed by atoms with van der Waals surface area (Å²) in [6.45, 7) is 6.95. The number of hydrogen-bond donors (Lipinski definition) is 1. The van der Waals surface area contributed by atoms with E-state index in [1.807, 2.05) is 30.3 Å². The highest BCUT2D eigenvalue weighted by Crippen LogP contribution is 2.37. The largest absolute Gasteiger partial charge is 0.503 e. The summed E-state index contributed by atoms with van der Waals surface area (Å²) in [5.74, 6) is -0.878. The van der Waals surface area contributed by atoms with E-state index in [-0.39, 0.29) is 5.57 Å². The zero-order valence-corrected chi connectivity index (χ0v) is 16.7. The monoisotopic (exact) mass is 394 g/mol. The van der Waals surface area contributed by atoms with E-state index in [0.717, 1.165) is 18.7 Å². The van der Waals surface area contributed by atoms with Crippen molar-refractivity contribution in [1.82, 2.24) is 9.80 Å². The Morgan fingerprint density at radius 1 is 1.17 bits per heavy atom. The van der Waals surface area contributed by atoms with Crippen LogP contribution in [0.5, 0.6) is 0 Å². The number of carbonyl (C=O) groups excluding carboxylic acids is 2. The number of rotatable bonds is 9. The fourth-order valence-electron chi connectivity index (χ4n) is 3.54. The second-order valence-electron chi connectivity index (χ2n) is 6.81. The van der Waals surface area contributed by atoms with Crippen LogP contribution in [0.25, 0.3) is 6.08 Å². The number of nitrogens with zero attached hydrogens (tertiary/aromatic N) is 2. The molecular formula is C23H26N2O4. The van der Waals surface area contributed by atoms with Crippen molar-refractivity contribution in [2.45, 2.75) is 19.9 Å². The number of benzene rings is 1. The number of aliphatic hydroxyl groups excluding tert-OH is 1. The highest BCUT2D eigenvalue weighted by atomic mass is 16.3. The summed E-state index contributed by atoms with van der Waals surface area (Å²) in [6.07, 6.45) is 4.39. The molecule has 1 aromatic heterocycles. The number of allylic oxidation sites excluding steroid dienone is 1. The van der Waals surface area contributed by atoms with Crippen molar-refractivity contribution in [2.75, 3.05) is 26.2 Å². The molecule has 2 heterocycles. The standard InChI is InChI=1S/C23H26N2O4/c1-3-24(4-2)14-15-25-21(17-9-6-5-7-10-17)20(22(27)23(25)28)19(26)13-12-18-11-8-16-29-18/h5-13,16,21,27H,3-4,14-15H2,1-2H3/b13-12+. The molecule has 1 unspecified atom stereocenters. The van der Waals surface area contributed by atoms with Crippen molar-refractivity contribution >= 4 is 17.8 Å². The van der Waals surface area contributed by atoms with Crippen LogP contribution < -0.4 is 0 Å². The van der Waals surface area contributed by atoms with Crippen LogP contribution >= 0.6 is 0 Å². The van der Waals surface area contributed by atoms with Crippen molar-refractivity contribution in [3.8, 4) is 0 Å². The summed E-state index contributed by atoms with van der Waals surface area (Å²) in [4.78, 5) is 29.5. The zero-order valence-electron chi connectivity index (χ0n) is 16.7. The van der Waals surface area contributed by atoms with Crippen LogP contribution in [-0.2, 0) is 9.59 Å². The highest BCUT2D eigenvalue weighted by Gasteiger charge is 2.42. The Kier molecular flexibility index (Phi) is 6.67. The maximum absolute atomic E-state index is 12.9. The maximum atomic E-state index is 12.9. The van der Waals surface area contributed by atoms with Crippen LogP contribution in [0.15, 0.2) is 70.6 Å². The molecule has 1 atom stereocenters. The summed E-state index contributed by atoms with van der Waals surface area (Å²) in [5, 5.41) is 10.6. The van der Waals surface area contributed by atoms with Crippen LogP contribution in [-0.4, -0.2) is 52.8 Å². The molecule has 0 aliphatic carbocycles. The van der Waals surface area contributed by atoms with Gasteiger partial charge in [0.05, 0.1) is 17.9 Å². The smallest absolute Gasteiger partial charge is 0.290 e. The highest BCUT2D eigenvalue weighted by molar-refractivity contribution is 6.14. The number of furan rings is 1. The van der Waals surface area contributed by atoms with Gasteiger partial charge in [-0.1, -0.05) is 44.2 Å². The van der Waals surface area contributed by atoms with Crippen molar-refractivity contribution in [1.29, 1.82) is 0 Å². The first-order valence-electron chi connectivity index (χ1n) is 9.84. The Morgan fingerprint density at radius 2 is 1.90 bits per heavy atom. The molecule has 1 aromatic carbocycles. The Hall–Kier alpha value is -3.12. The first-order chi connectivity index (χ1) is 14.1. The van der Waals surface area contributed by atoms with Crippen molar-refractivity contribution in [3.63, 3.8) is 0 Å². The van der Waals surface area contributed by atoms with Gasteiger partial charge in [-0.2, -0.15) is 0 Å². The molecule has 6 heteroatoms. The zero-order chi connectivity index (χ0) is 20.8. The predicted octanol–water partition coefficient (Wildman–Crippen LogP) is 3.60. The minimum absolute atomic E-state index is 0.101. The van der Waals surface area contributed by atoms with E-state index in [1.54, 1.807) is 17.0 Å². The Labute approximate surface area is 170 Å². The number of carbonyl (C=O) groups is 2. The van der Waals surface area contributed by atoms with Gasteiger partial charge in [0.2, 0.25) is 0 Å². The third kappa shape index (κ3) is 4.49. The fraction of sp³-hybridized carbons (Fsp3) is 0.304. The first-order valence-corrected chi connectivity index (χ1v) is 9.84. The number of amides is 1. The van der Waals surface area contributed by atoms with Gasteiger partial charge in [0.25, 0.3) is 5.91 Å². The molecule has 1 amide bonds. The van der Waals surface area contributed by atoms with E-state index in [4.69, 9.17) is 4.42 Å². The molecular weight excluding hydrogens is 368 g/mol. The number of aliphatic hydroxyl groups is 1. The molecule has 0 radical (unpaired) electrons. The molecule has 0 bridgehead atoms. The minimum Gasteiger partial charge on any atom is -0.503 e. The molecule has 1 aliphatic rings. The SMILES string of the molecule is CCN(CC)CCN1C(=O)C(O)=C(C(=O)/C=C/c2ccco2)C1c1ccccc1. The first kappa shape index (κ1) is 20.6. The molecule has 0 fully saturated rings. The number of ketones is 1. The molecule has 3 rings (SSSR count). The van der Waals surface area contributed by atoms with Gasteiger partial charge < -0.3 is 19.3 Å². The third-order valence-electron chi connectivity index (χ3n) is 5.18. The Morgan fingerprint density at radius 3 is 2.52 bits per heavy atom. The molecule has 6 nitrogen and oxygen atoms in total. The van der Waals surface area contributed by atoms with Gasteiger partial charge in [-0.05, 0) is 42.9 Å². The summed E-state index contributed by atoms with van der Waals surface area (Å²) in [7, 11) is 0. The minimum atomic E-state index is -0.618. The van der Waals surface area contributed by atoms with Gasteiger partial charge in [-0.25, -0.2) is 0 Å². The van der Waals surface area contributed by atoms with E-state index >= 15 is 0 Å². The normalized spacial score (nSPS) is 17.1. The molecule has 1 aliphatic heterocycles. The molecule has 152 valence electrons. The topological polar surface area (TPSA) is 74.0 Å². The van der Waals surface area contributed by atoms with E-state index in [9.17, 15) is 14.7 Å². The van der Waals surface area contributed by atoms with E-state index in [0.29, 0.717) is 18.8 Å². The molecule has 29 heavy (non-hydrogen) atoms. The number of hydrogen-bond acceptors (Lipinski definition) is 5. The second-order valence-corrected chi connectivity index (χ2v) is 6.81. The van der Waals surface area contributed by atoms with E-state index in [1.165, 1.54) is 18.4 Å². The van der Waals surface area contributed by atoms with E-state index in [2.05, 4.69) is 18.7 Å². The molecule has 0 spiro atoms. The summed E-state index contributed by atoms with van der Waals surface area (Å²) in [6, 6.07) is 12.2. The average Bonchev–Trinajstić information content (AvgIpc) is 3.35. The fourth-order valence-corrected chi connectivity index (χ4v) is 3.54. The molecule has 0 saturated heterocycles. The van der Waals surface area contributed by atoms with Crippen LogP contribution in [0, 0.1) is 0 Å². The van der Waals surface area contributed by atoms with Gasteiger partial charge in [0.1, 0.15) is 5.76 Å². The summed E-state index contributed by atoms with van der Waals surface area (Å²) < 4.78 is 5.22. The van der Waals surface area contributed by atoms with Gasteiger partial charge in [-0.15, -0.1) is 0 Å². The lowest BCUT2D eigenvalue weighted by atomic mass is 9.96. The van der Waals surface area contributed by atoms with Gasteiger partial charge in [-0.3, -0.25) is 9.59 Å². The Balaban J connectivity index is 1.92. The van der Waals surface area contributed by atoms with Gasteiger partial charge in [0.15, 0.2) is 11.5 Å². The second kappa shape index (κ2) is 9.39. The Bertz CT molecular complexity index is 896. The predicted molar refractivity (Wildman–Crippen MR) is 111 cm³/mol. The van der Waals surface area contributed by atoms with Crippen molar-refractivity contribution < 1.29 is 19.1 Å². The van der Waals surface area contributed by atoms with Crippen LogP contribution in [0.2, 0.25) is 0 Å². The van der Waals surface area contributed by atoms with Gasteiger partial charge >= 0.3 is 0 Å². The molecule has 1 N–H and O–H groups in total. The van der Waals surface area contributed by atoms with Gasteiger partial charge in [0, 0.05) is 13.1 Å². The number of likely N-dealkylation sites (N-methyl/N-ethyl adjacent to an activating group) is 1. The van der Waals surface area contributed by atoms with Crippen LogP contribution in [0.1, 0.15) is 31.2 Å². The quantitative estimate of drug-likeness (QED) is 0.658. The lowest BCUT2D eigenvalue weighted by molar-refractivity contribution is -0.129. The van der Waals surface area contributed by atoms with Crippen LogP contribution in [0.3, 0.4) is 0 Å².